The van der Waals surface area contributed by atoms with Crippen LogP contribution >= 0.6 is 11.3 Å². The number of hydrogen-bond acceptors (Lipinski definition) is 3. The number of aryl methyl sites for hydroxylation is 1. The molecule has 1 heterocycles. The summed E-state index contributed by atoms with van der Waals surface area (Å²) in [6.07, 6.45) is 6.79. The van der Waals surface area contributed by atoms with Crippen molar-refractivity contribution in [2.24, 2.45) is 5.41 Å². The summed E-state index contributed by atoms with van der Waals surface area (Å²) in [5, 5.41) is 8.00. The minimum atomic E-state index is 0.579. The first-order valence-electron chi connectivity index (χ1n) is 6.55. The third-order valence-corrected chi connectivity index (χ3v) is 4.65. The number of methoxy groups -OCH3 is 1. The van der Waals surface area contributed by atoms with Crippen LogP contribution in [0.2, 0.25) is 0 Å². The lowest BCUT2D eigenvalue weighted by Crippen LogP contribution is -2.41. The molecule has 1 aromatic rings. The van der Waals surface area contributed by atoms with Crippen LogP contribution in [-0.2, 0) is 11.2 Å². The van der Waals surface area contributed by atoms with Gasteiger partial charge in [-0.05, 0) is 53.5 Å². The smallest absolute Gasteiger partial charge is 0.0587 e. The Kier molecular flexibility index (Phi) is 5.01. The Morgan fingerprint density at radius 2 is 2.35 bits per heavy atom. The highest BCUT2D eigenvalue weighted by Crippen LogP contribution is 2.44. The van der Waals surface area contributed by atoms with E-state index in [1.165, 1.54) is 44.2 Å². The summed E-state index contributed by atoms with van der Waals surface area (Å²) in [4.78, 5) is 0. The average Bonchev–Trinajstić information content (AvgIpc) is 2.79. The highest BCUT2D eigenvalue weighted by Gasteiger charge is 2.35. The maximum absolute atomic E-state index is 5.07. The van der Waals surface area contributed by atoms with Gasteiger partial charge in [0.1, 0.15) is 0 Å². The number of thiophene rings is 1. The van der Waals surface area contributed by atoms with Gasteiger partial charge in [0.15, 0.2) is 0 Å². The zero-order chi connectivity index (χ0) is 12.0. The SMILES string of the molecule is COCCNCC1(CCc2ccsc2)CCC1. The van der Waals surface area contributed by atoms with Gasteiger partial charge in [0.05, 0.1) is 6.61 Å². The Balaban J connectivity index is 1.71. The van der Waals surface area contributed by atoms with Crippen LogP contribution < -0.4 is 5.32 Å². The predicted octanol–water partition coefficient (Wildman–Crippen LogP) is 3.09. The molecule has 2 nitrogen and oxygen atoms in total. The molecule has 0 amide bonds. The molecule has 1 N–H and O–H groups in total. The van der Waals surface area contributed by atoms with E-state index in [4.69, 9.17) is 4.74 Å². The van der Waals surface area contributed by atoms with Gasteiger partial charge in [0, 0.05) is 20.2 Å². The van der Waals surface area contributed by atoms with Crippen molar-refractivity contribution < 1.29 is 4.74 Å². The molecule has 0 atom stereocenters. The molecule has 0 saturated heterocycles. The molecule has 1 aromatic heterocycles. The minimum Gasteiger partial charge on any atom is -0.383 e. The fourth-order valence-corrected chi connectivity index (χ4v) is 3.27. The summed E-state index contributed by atoms with van der Waals surface area (Å²) in [7, 11) is 1.76. The van der Waals surface area contributed by atoms with Gasteiger partial charge >= 0.3 is 0 Å². The van der Waals surface area contributed by atoms with Crippen molar-refractivity contribution in [3.8, 4) is 0 Å². The lowest BCUT2D eigenvalue weighted by atomic mass is 9.65. The predicted molar refractivity (Wildman–Crippen MR) is 73.7 cm³/mol. The zero-order valence-corrected chi connectivity index (χ0v) is 11.5. The molecule has 0 spiro atoms. The molecule has 0 aliphatic heterocycles. The number of ether oxygens (including phenoxy) is 1. The van der Waals surface area contributed by atoms with Gasteiger partial charge in [-0.25, -0.2) is 0 Å². The first kappa shape index (κ1) is 13.1. The normalized spacial score (nSPS) is 17.9. The van der Waals surface area contributed by atoms with E-state index in [9.17, 15) is 0 Å². The largest absolute Gasteiger partial charge is 0.383 e. The maximum atomic E-state index is 5.07. The van der Waals surface area contributed by atoms with Crippen molar-refractivity contribution in [3.05, 3.63) is 22.4 Å². The molecule has 2 rings (SSSR count). The van der Waals surface area contributed by atoms with Crippen LogP contribution in [0.5, 0.6) is 0 Å². The highest BCUT2D eigenvalue weighted by molar-refractivity contribution is 7.07. The van der Waals surface area contributed by atoms with Crippen molar-refractivity contribution >= 4 is 11.3 Å². The molecule has 0 aromatic carbocycles. The van der Waals surface area contributed by atoms with Crippen LogP contribution in [0.15, 0.2) is 16.8 Å². The minimum absolute atomic E-state index is 0.579. The van der Waals surface area contributed by atoms with Crippen molar-refractivity contribution in [2.75, 3.05) is 26.8 Å². The maximum Gasteiger partial charge on any atom is 0.0587 e. The first-order chi connectivity index (χ1) is 8.35. The molecule has 1 fully saturated rings. The number of rotatable bonds is 8. The Morgan fingerprint density at radius 3 is 2.94 bits per heavy atom. The standard InChI is InChI=1S/C14H23NOS/c1-16-9-8-15-12-14(5-2-6-14)7-3-13-4-10-17-11-13/h4,10-11,15H,2-3,5-9,12H2,1H3. The lowest BCUT2D eigenvalue weighted by molar-refractivity contribution is 0.111. The molecule has 0 unspecified atom stereocenters. The topological polar surface area (TPSA) is 21.3 Å². The van der Waals surface area contributed by atoms with E-state index < -0.39 is 0 Å². The molecule has 17 heavy (non-hydrogen) atoms. The van der Waals surface area contributed by atoms with Gasteiger partial charge in [-0.15, -0.1) is 0 Å². The van der Waals surface area contributed by atoms with Crippen LogP contribution in [-0.4, -0.2) is 26.8 Å². The van der Waals surface area contributed by atoms with Crippen molar-refractivity contribution in [1.82, 2.24) is 5.32 Å². The molecule has 0 radical (unpaired) electrons. The highest BCUT2D eigenvalue weighted by atomic mass is 32.1. The molecule has 0 bridgehead atoms. The fourth-order valence-electron chi connectivity index (χ4n) is 2.56. The van der Waals surface area contributed by atoms with E-state index in [-0.39, 0.29) is 0 Å². The van der Waals surface area contributed by atoms with Crippen LogP contribution in [0.4, 0.5) is 0 Å². The number of hydrogen-bond donors (Lipinski definition) is 1. The van der Waals surface area contributed by atoms with Gasteiger partial charge in [-0.3, -0.25) is 0 Å². The number of nitrogens with one attached hydrogen (secondary N) is 1. The van der Waals surface area contributed by atoms with Gasteiger partial charge in [-0.2, -0.15) is 11.3 Å². The second kappa shape index (κ2) is 6.53. The summed E-state index contributed by atoms with van der Waals surface area (Å²) in [6, 6.07) is 2.26. The quantitative estimate of drug-likeness (QED) is 0.719. The van der Waals surface area contributed by atoms with E-state index in [1.807, 2.05) is 11.3 Å². The van der Waals surface area contributed by atoms with Crippen LogP contribution in [0, 0.1) is 5.41 Å². The van der Waals surface area contributed by atoms with Crippen LogP contribution in [0.1, 0.15) is 31.2 Å². The molecule has 1 aliphatic carbocycles. The fraction of sp³-hybridized carbons (Fsp3) is 0.714. The van der Waals surface area contributed by atoms with E-state index in [2.05, 4.69) is 22.1 Å². The van der Waals surface area contributed by atoms with E-state index in [0.717, 1.165) is 13.2 Å². The summed E-state index contributed by atoms with van der Waals surface area (Å²) in [5.74, 6) is 0. The second-order valence-corrected chi connectivity index (χ2v) is 5.93. The molecule has 96 valence electrons. The lowest BCUT2D eigenvalue weighted by Gasteiger charge is -2.42. The third kappa shape index (κ3) is 3.80. The molecular weight excluding hydrogens is 230 g/mol. The third-order valence-electron chi connectivity index (χ3n) is 3.92. The van der Waals surface area contributed by atoms with E-state index in [0.29, 0.717) is 5.41 Å². The van der Waals surface area contributed by atoms with Crippen LogP contribution in [0.25, 0.3) is 0 Å². The summed E-state index contributed by atoms with van der Waals surface area (Å²) in [5.41, 5.74) is 2.09. The monoisotopic (exact) mass is 253 g/mol. The average molecular weight is 253 g/mol. The van der Waals surface area contributed by atoms with Gasteiger partial charge < -0.3 is 10.1 Å². The summed E-state index contributed by atoms with van der Waals surface area (Å²) >= 11 is 1.81. The Morgan fingerprint density at radius 1 is 1.47 bits per heavy atom. The van der Waals surface area contributed by atoms with Crippen LogP contribution in [0.3, 0.4) is 0 Å². The van der Waals surface area contributed by atoms with E-state index in [1.54, 1.807) is 7.11 Å². The van der Waals surface area contributed by atoms with Crippen molar-refractivity contribution in [3.63, 3.8) is 0 Å². The Labute approximate surface area is 108 Å². The molecular formula is C14H23NOS. The van der Waals surface area contributed by atoms with Crippen molar-refractivity contribution in [2.45, 2.75) is 32.1 Å². The van der Waals surface area contributed by atoms with Gasteiger partial charge in [-0.1, -0.05) is 6.42 Å². The summed E-state index contributed by atoms with van der Waals surface area (Å²) in [6.45, 7) is 2.97. The second-order valence-electron chi connectivity index (χ2n) is 5.15. The van der Waals surface area contributed by atoms with Crippen molar-refractivity contribution in [1.29, 1.82) is 0 Å². The molecule has 3 heteroatoms. The van der Waals surface area contributed by atoms with E-state index >= 15 is 0 Å². The molecule has 1 aliphatic rings. The zero-order valence-electron chi connectivity index (χ0n) is 10.7. The van der Waals surface area contributed by atoms with Gasteiger partial charge in [0.2, 0.25) is 0 Å². The Bertz CT molecular complexity index is 306. The van der Waals surface area contributed by atoms with Gasteiger partial charge in [0.25, 0.3) is 0 Å². The molecule has 1 saturated carbocycles. The first-order valence-corrected chi connectivity index (χ1v) is 7.50. The summed E-state index contributed by atoms with van der Waals surface area (Å²) < 4.78 is 5.07. The Hall–Kier alpha value is -0.380.